The summed E-state index contributed by atoms with van der Waals surface area (Å²) in [5.41, 5.74) is 7.97. The molecule has 194 valence electrons. The molecule has 3 aromatic rings. The third-order valence-electron chi connectivity index (χ3n) is 5.73. The van der Waals surface area contributed by atoms with Crippen molar-refractivity contribution < 1.29 is 34.8 Å². The highest BCUT2D eigenvalue weighted by Gasteiger charge is 2.28. The predicted octanol–water partition coefficient (Wildman–Crippen LogP) is 1.21. The lowest BCUT2D eigenvalue weighted by molar-refractivity contribution is -0.142. The molecule has 0 aromatic heterocycles. The van der Waals surface area contributed by atoms with Gasteiger partial charge in [-0.2, -0.15) is 0 Å². The zero-order chi connectivity index (χ0) is 26.9. The average molecular weight is 508 g/mol. The van der Waals surface area contributed by atoms with E-state index in [4.69, 9.17) is 5.73 Å². The number of aliphatic carboxylic acids is 1. The zero-order valence-electron chi connectivity index (χ0n) is 19.9. The molecule has 3 rings (SSSR count). The van der Waals surface area contributed by atoms with Gasteiger partial charge in [-0.3, -0.25) is 9.59 Å². The first kappa shape index (κ1) is 27.0. The molecule has 0 fully saturated rings. The van der Waals surface area contributed by atoms with Crippen LogP contribution < -0.4 is 16.4 Å². The predicted molar refractivity (Wildman–Crippen MR) is 135 cm³/mol. The van der Waals surface area contributed by atoms with Crippen LogP contribution >= 0.6 is 0 Å². The number of nitrogens with one attached hydrogen (secondary N) is 2. The van der Waals surface area contributed by atoms with Crippen molar-refractivity contribution in [2.75, 3.05) is 0 Å². The van der Waals surface area contributed by atoms with Crippen molar-refractivity contribution in [1.82, 2.24) is 10.6 Å². The van der Waals surface area contributed by atoms with E-state index in [0.29, 0.717) is 16.7 Å². The molecule has 10 heteroatoms. The monoisotopic (exact) mass is 507 g/mol. The maximum absolute atomic E-state index is 13.2. The second-order valence-corrected chi connectivity index (χ2v) is 8.68. The van der Waals surface area contributed by atoms with Gasteiger partial charge in [-0.15, -0.1) is 0 Å². The molecule has 0 bridgehead atoms. The second-order valence-electron chi connectivity index (χ2n) is 8.68. The summed E-state index contributed by atoms with van der Waals surface area (Å²) in [5, 5.41) is 43.2. The van der Waals surface area contributed by atoms with Crippen LogP contribution in [0.15, 0.2) is 72.8 Å². The Morgan fingerprint density at radius 1 is 0.595 bits per heavy atom. The van der Waals surface area contributed by atoms with E-state index >= 15 is 0 Å². The Labute approximate surface area is 213 Å². The number of phenolic OH excluding ortho intramolecular Hbond substituents is 3. The quantitative estimate of drug-likeness (QED) is 0.202. The number of aromatic hydroxyl groups is 3. The topological polar surface area (TPSA) is 182 Å². The molecule has 8 N–H and O–H groups in total. The summed E-state index contributed by atoms with van der Waals surface area (Å²) >= 11 is 0. The van der Waals surface area contributed by atoms with Crippen molar-refractivity contribution in [2.45, 2.75) is 37.4 Å². The van der Waals surface area contributed by atoms with Crippen molar-refractivity contribution >= 4 is 17.8 Å². The van der Waals surface area contributed by atoms with Gasteiger partial charge in [0, 0.05) is 12.8 Å². The van der Waals surface area contributed by atoms with Gasteiger partial charge < -0.3 is 36.8 Å². The van der Waals surface area contributed by atoms with Crippen molar-refractivity contribution in [2.24, 2.45) is 5.73 Å². The lowest BCUT2D eigenvalue weighted by Crippen LogP contribution is -2.55. The minimum absolute atomic E-state index is 0.0231. The maximum atomic E-state index is 13.2. The largest absolute Gasteiger partial charge is 0.508 e. The van der Waals surface area contributed by atoms with E-state index in [1.807, 2.05) is 0 Å². The lowest BCUT2D eigenvalue weighted by Gasteiger charge is -2.23. The molecule has 3 atom stereocenters. The molecular weight excluding hydrogens is 478 g/mol. The molecule has 0 heterocycles. The Morgan fingerprint density at radius 3 is 1.35 bits per heavy atom. The summed E-state index contributed by atoms with van der Waals surface area (Å²) in [6, 6.07) is 14.7. The number of phenols is 3. The van der Waals surface area contributed by atoms with Gasteiger partial charge >= 0.3 is 5.97 Å². The van der Waals surface area contributed by atoms with Crippen molar-refractivity contribution in [1.29, 1.82) is 0 Å². The van der Waals surface area contributed by atoms with E-state index in [9.17, 15) is 34.8 Å². The number of rotatable bonds is 11. The number of carbonyl (C=O) groups is 3. The van der Waals surface area contributed by atoms with Crippen molar-refractivity contribution in [3.63, 3.8) is 0 Å². The highest BCUT2D eigenvalue weighted by molar-refractivity contribution is 5.92. The number of hydrogen-bond acceptors (Lipinski definition) is 7. The fraction of sp³-hybridized carbons (Fsp3) is 0.222. The molecule has 37 heavy (non-hydrogen) atoms. The van der Waals surface area contributed by atoms with E-state index in [1.54, 1.807) is 36.4 Å². The van der Waals surface area contributed by atoms with Crippen LogP contribution in [-0.4, -0.2) is 56.3 Å². The van der Waals surface area contributed by atoms with Crippen LogP contribution in [0.1, 0.15) is 16.7 Å². The van der Waals surface area contributed by atoms with E-state index < -0.39 is 35.9 Å². The number of carbonyl (C=O) groups excluding carboxylic acids is 2. The van der Waals surface area contributed by atoms with Crippen LogP contribution in [0.5, 0.6) is 17.2 Å². The highest BCUT2D eigenvalue weighted by Crippen LogP contribution is 2.14. The Balaban J connectivity index is 1.74. The molecule has 0 spiro atoms. The van der Waals surface area contributed by atoms with Crippen molar-refractivity contribution in [3.05, 3.63) is 89.5 Å². The normalized spacial score (nSPS) is 13.2. The van der Waals surface area contributed by atoms with E-state index in [-0.39, 0.29) is 36.5 Å². The van der Waals surface area contributed by atoms with Gasteiger partial charge in [0.15, 0.2) is 0 Å². The van der Waals surface area contributed by atoms with E-state index in [1.165, 1.54) is 36.4 Å². The Morgan fingerprint density at radius 2 is 0.946 bits per heavy atom. The molecule has 0 radical (unpaired) electrons. The summed E-state index contributed by atoms with van der Waals surface area (Å²) in [6.45, 7) is 0. The number of carboxylic acid groups (broad SMARTS) is 1. The highest BCUT2D eigenvalue weighted by atomic mass is 16.4. The fourth-order valence-corrected chi connectivity index (χ4v) is 3.67. The number of amides is 2. The standard InChI is InChI=1S/C27H29N3O7/c28-22(13-16-1-7-19(31)8-2-16)25(34)29-23(14-17-3-9-20(32)10-4-17)26(35)30-24(27(36)37)15-18-5-11-21(33)12-6-18/h1-12,22-24,31-33H,13-15,28H2,(H,29,34)(H,30,35)(H,36,37). The Kier molecular flexibility index (Phi) is 9.06. The number of hydrogen-bond donors (Lipinski definition) is 7. The minimum atomic E-state index is -1.29. The first-order valence-electron chi connectivity index (χ1n) is 11.5. The Hall–Kier alpha value is -4.57. The number of nitrogens with two attached hydrogens (primary N) is 1. The van der Waals surface area contributed by atoms with Crippen molar-refractivity contribution in [3.8, 4) is 17.2 Å². The van der Waals surface area contributed by atoms with Gasteiger partial charge in [0.1, 0.15) is 29.3 Å². The van der Waals surface area contributed by atoms with E-state index in [0.717, 1.165) is 0 Å². The molecule has 0 aliphatic heterocycles. The first-order chi connectivity index (χ1) is 17.6. The summed E-state index contributed by atoms with van der Waals surface area (Å²) in [7, 11) is 0. The molecule has 10 nitrogen and oxygen atoms in total. The summed E-state index contributed by atoms with van der Waals surface area (Å²) in [4.78, 5) is 37.9. The SMILES string of the molecule is NC(Cc1ccc(O)cc1)C(=O)NC(Cc1ccc(O)cc1)C(=O)NC(Cc1ccc(O)cc1)C(=O)O. The molecule has 0 aliphatic rings. The van der Waals surface area contributed by atoms with Crippen LogP contribution in [0.25, 0.3) is 0 Å². The van der Waals surface area contributed by atoms with E-state index in [2.05, 4.69) is 10.6 Å². The third-order valence-corrected chi connectivity index (χ3v) is 5.73. The average Bonchev–Trinajstić information content (AvgIpc) is 2.87. The second kappa shape index (κ2) is 12.4. The van der Waals surface area contributed by atoms with Crippen LogP contribution in [0.2, 0.25) is 0 Å². The van der Waals surface area contributed by atoms with Gasteiger partial charge in [-0.25, -0.2) is 4.79 Å². The molecule has 2 amide bonds. The van der Waals surface area contributed by atoms with Gasteiger partial charge in [0.05, 0.1) is 6.04 Å². The van der Waals surface area contributed by atoms with Crippen LogP contribution in [-0.2, 0) is 33.6 Å². The minimum Gasteiger partial charge on any atom is -0.508 e. The molecule has 0 saturated heterocycles. The molecule has 0 aliphatic carbocycles. The fourth-order valence-electron chi connectivity index (χ4n) is 3.67. The maximum Gasteiger partial charge on any atom is 0.326 e. The molecule has 3 aromatic carbocycles. The summed E-state index contributed by atoms with van der Waals surface area (Å²) in [5.74, 6) is -2.46. The number of carboxylic acids is 1. The van der Waals surface area contributed by atoms with Crippen LogP contribution in [0.4, 0.5) is 0 Å². The van der Waals surface area contributed by atoms with Gasteiger partial charge in [-0.05, 0) is 59.5 Å². The third kappa shape index (κ3) is 8.25. The zero-order valence-corrected chi connectivity index (χ0v) is 19.9. The molecular formula is C27H29N3O7. The van der Waals surface area contributed by atoms with Crippen LogP contribution in [0.3, 0.4) is 0 Å². The van der Waals surface area contributed by atoms with Gasteiger partial charge in [-0.1, -0.05) is 36.4 Å². The summed E-state index contributed by atoms with van der Waals surface area (Å²) < 4.78 is 0. The molecule has 3 unspecified atom stereocenters. The lowest BCUT2D eigenvalue weighted by atomic mass is 10.0. The number of benzene rings is 3. The summed E-state index contributed by atoms with van der Waals surface area (Å²) in [6.07, 6.45) is 0.134. The van der Waals surface area contributed by atoms with Gasteiger partial charge in [0.25, 0.3) is 0 Å². The van der Waals surface area contributed by atoms with Gasteiger partial charge in [0.2, 0.25) is 11.8 Å². The smallest absolute Gasteiger partial charge is 0.326 e. The first-order valence-corrected chi connectivity index (χ1v) is 11.5. The molecule has 0 saturated carbocycles. The van der Waals surface area contributed by atoms with Crippen LogP contribution in [0, 0.1) is 0 Å². The Bertz CT molecular complexity index is 1210.